The van der Waals surface area contributed by atoms with E-state index >= 15 is 0 Å². The Labute approximate surface area is 74.2 Å². The Morgan fingerprint density at radius 2 is 2.46 bits per heavy atom. The van der Waals surface area contributed by atoms with Gasteiger partial charge in [0.2, 0.25) is 0 Å². The predicted molar refractivity (Wildman–Crippen MR) is 49.4 cm³/mol. The number of nitrogens with two attached hydrogens (primary N) is 1. The number of aromatic amines is 1. The molecule has 0 radical (unpaired) electrons. The zero-order chi connectivity index (χ0) is 9.26. The van der Waals surface area contributed by atoms with Crippen LogP contribution in [0.2, 0.25) is 0 Å². The van der Waals surface area contributed by atoms with Crippen LogP contribution in [0.3, 0.4) is 0 Å². The van der Waals surface area contributed by atoms with E-state index in [2.05, 4.69) is 9.97 Å². The molecule has 0 saturated carbocycles. The first-order chi connectivity index (χ1) is 6.33. The van der Waals surface area contributed by atoms with Crippen LogP contribution in [-0.4, -0.2) is 21.1 Å². The topological polar surface area (TPSA) is 76.7 Å². The molecule has 0 aliphatic heterocycles. The highest BCUT2D eigenvalue weighted by molar-refractivity contribution is 5.70. The van der Waals surface area contributed by atoms with Crippen LogP contribution < -0.4 is 11.4 Å². The number of rotatable bonds is 2. The molecule has 0 unspecified atom stereocenters. The van der Waals surface area contributed by atoms with E-state index in [1.165, 1.54) is 0 Å². The number of hydrogen-bond donors (Lipinski definition) is 2. The Bertz CT molecular complexity index is 470. The van der Waals surface area contributed by atoms with Gasteiger partial charge in [-0.1, -0.05) is 0 Å². The van der Waals surface area contributed by atoms with Crippen molar-refractivity contribution in [2.24, 2.45) is 5.73 Å². The van der Waals surface area contributed by atoms with Crippen molar-refractivity contribution in [2.75, 3.05) is 6.54 Å². The Morgan fingerprint density at radius 3 is 3.23 bits per heavy atom. The van der Waals surface area contributed by atoms with Crippen molar-refractivity contribution >= 4 is 11.2 Å². The molecular formula is C8H10N4O. The molecule has 0 atom stereocenters. The Balaban J connectivity index is 2.71. The molecule has 2 rings (SSSR count). The van der Waals surface area contributed by atoms with Crippen LogP contribution in [0.25, 0.3) is 11.2 Å². The molecule has 2 aromatic heterocycles. The van der Waals surface area contributed by atoms with Gasteiger partial charge in [-0.05, 0) is 12.1 Å². The summed E-state index contributed by atoms with van der Waals surface area (Å²) in [5.74, 6) is 0. The molecule has 0 bridgehead atoms. The van der Waals surface area contributed by atoms with Gasteiger partial charge in [-0.15, -0.1) is 0 Å². The highest BCUT2D eigenvalue weighted by atomic mass is 16.1. The van der Waals surface area contributed by atoms with Gasteiger partial charge < -0.3 is 5.73 Å². The van der Waals surface area contributed by atoms with Crippen LogP contribution in [-0.2, 0) is 6.54 Å². The molecule has 0 spiro atoms. The van der Waals surface area contributed by atoms with E-state index in [9.17, 15) is 4.79 Å². The molecule has 2 aromatic rings. The maximum atomic E-state index is 11.3. The fourth-order valence-corrected chi connectivity index (χ4v) is 1.34. The second-order valence-corrected chi connectivity index (χ2v) is 2.74. The van der Waals surface area contributed by atoms with Gasteiger partial charge in [0, 0.05) is 19.3 Å². The largest absolute Gasteiger partial charge is 0.329 e. The summed E-state index contributed by atoms with van der Waals surface area (Å²) in [6.07, 6.45) is 1.64. The fourth-order valence-electron chi connectivity index (χ4n) is 1.34. The normalized spacial score (nSPS) is 10.8. The Hall–Kier alpha value is -1.62. The van der Waals surface area contributed by atoms with Gasteiger partial charge in [0.15, 0.2) is 5.65 Å². The average molecular weight is 178 g/mol. The SMILES string of the molecule is NCCn1c(=O)[nH]c2ncccc21. The van der Waals surface area contributed by atoms with Crippen molar-refractivity contribution in [1.29, 1.82) is 0 Å². The van der Waals surface area contributed by atoms with Crippen LogP contribution in [0.4, 0.5) is 0 Å². The van der Waals surface area contributed by atoms with Crippen molar-refractivity contribution in [2.45, 2.75) is 6.54 Å². The maximum Gasteiger partial charge on any atom is 0.327 e. The Kier molecular flexibility index (Phi) is 1.86. The van der Waals surface area contributed by atoms with E-state index in [4.69, 9.17) is 5.73 Å². The summed E-state index contributed by atoms with van der Waals surface area (Å²) in [6.45, 7) is 0.965. The van der Waals surface area contributed by atoms with Gasteiger partial charge in [-0.25, -0.2) is 9.78 Å². The van der Waals surface area contributed by atoms with Crippen LogP contribution in [0.15, 0.2) is 23.1 Å². The third kappa shape index (κ3) is 1.23. The van der Waals surface area contributed by atoms with Crippen LogP contribution >= 0.6 is 0 Å². The van der Waals surface area contributed by atoms with E-state index in [0.717, 1.165) is 5.52 Å². The lowest BCUT2D eigenvalue weighted by Crippen LogP contribution is -2.21. The lowest BCUT2D eigenvalue weighted by atomic mass is 10.4. The fraction of sp³-hybridized carbons (Fsp3) is 0.250. The molecule has 13 heavy (non-hydrogen) atoms. The monoisotopic (exact) mass is 178 g/mol. The summed E-state index contributed by atoms with van der Waals surface area (Å²) in [7, 11) is 0. The molecule has 5 heteroatoms. The second-order valence-electron chi connectivity index (χ2n) is 2.74. The zero-order valence-electron chi connectivity index (χ0n) is 7.03. The molecule has 2 heterocycles. The number of pyridine rings is 1. The first-order valence-corrected chi connectivity index (χ1v) is 4.06. The van der Waals surface area contributed by atoms with Gasteiger partial charge in [0.05, 0.1) is 5.52 Å². The van der Waals surface area contributed by atoms with E-state index in [1.54, 1.807) is 16.8 Å². The summed E-state index contributed by atoms with van der Waals surface area (Å²) >= 11 is 0. The van der Waals surface area contributed by atoms with Crippen molar-refractivity contribution in [1.82, 2.24) is 14.5 Å². The summed E-state index contributed by atoms with van der Waals surface area (Å²) in [6, 6.07) is 3.64. The first kappa shape index (κ1) is 8.00. The molecule has 0 aliphatic rings. The minimum atomic E-state index is -0.154. The number of imidazole rings is 1. The lowest BCUT2D eigenvalue weighted by molar-refractivity contribution is 0.703. The molecule has 68 valence electrons. The summed E-state index contributed by atoms with van der Waals surface area (Å²) in [5, 5.41) is 0. The van der Waals surface area contributed by atoms with E-state index in [1.807, 2.05) is 6.07 Å². The van der Waals surface area contributed by atoms with Crippen LogP contribution in [0, 0.1) is 0 Å². The number of hydrogen-bond acceptors (Lipinski definition) is 3. The van der Waals surface area contributed by atoms with Crippen molar-refractivity contribution in [3.8, 4) is 0 Å². The Morgan fingerprint density at radius 1 is 1.62 bits per heavy atom. The third-order valence-electron chi connectivity index (χ3n) is 1.90. The summed E-state index contributed by atoms with van der Waals surface area (Å²) in [5.41, 5.74) is 6.65. The van der Waals surface area contributed by atoms with Crippen LogP contribution in [0.1, 0.15) is 0 Å². The van der Waals surface area contributed by atoms with Gasteiger partial charge in [-0.3, -0.25) is 9.55 Å². The van der Waals surface area contributed by atoms with Gasteiger partial charge >= 0.3 is 5.69 Å². The molecule has 0 amide bonds. The zero-order valence-corrected chi connectivity index (χ0v) is 7.03. The highest BCUT2D eigenvalue weighted by Gasteiger charge is 2.04. The van der Waals surface area contributed by atoms with Gasteiger partial charge in [0.1, 0.15) is 0 Å². The first-order valence-electron chi connectivity index (χ1n) is 4.06. The van der Waals surface area contributed by atoms with Crippen molar-refractivity contribution in [3.63, 3.8) is 0 Å². The molecule has 3 N–H and O–H groups in total. The van der Waals surface area contributed by atoms with Gasteiger partial charge in [-0.2, -0.15) is 0 Å². The van der Waals surface area contributed by atoms with E-state index in [0.29, 0.717) is 18.7 Å². The third-order valence-corrected chi connectivity index (χ3v) is 1.90. The summed E-state index contributed by atoms with van der Waals surface area (Å²) in [4.78, 5) is 18.0. The van der Waals surface area contributed by atoms with Gasteiger partial charge in [0.25, 0.3) is 0 Å². The highest BCUT2D eigenvalue weighted by Crippen LogP contribution is 2.04. The number of nitrogens with zero attached hydrogens (tertiary/aromatic N) is 2. The minimum absolute atomic E-state index is 0.154. The lowest BCUT2D eigenvalue weighted by Gasteiger charge is -1.97. The number of H-pyrrole nitrogens is 1. The smallest absolute Gasteiger partial charge is 0.327 e. The molecule has 0 fully saturated rings. The molecule has 0 saturated heterocycles. The molecule has 5 nitrogen and oxygen atoms in total. The number of nitrogens with one attached hydrogen (secondary N) is 1. The molecule has 0 aliphatic carbocycles. The average Bonchev–Trinajstić information content (AvgIpc) is 2.44. The standard InChI is InChI=1S/C8H10N4O/c9-3-5-12-6-2-1-4-10-7(6)11-8(12)13/h1-2,4H,3,5,9H2,(H,10,11,13). The maximum absolute atomic E-state index is 11.3. The van der Waals surface area contributed by atoms with Crippen molar-refractivity contribution in [3.05, 3.63) is 28.8 Å². The number of aromatic nitrogens is 3. The van der Waals surface area contributed by atoms with E-state index in [-0.39, 0.29) is 5.69 Å². The quantitative estimate of drug-likeness (QED) is 0.661. The molecule has 0 aromatic carbocycles. The molecular weight excluding hydrogens is 168 g/mol. The minimum Gasteiger partial charge on any atom is -0.329 e. The van der Waals surface area contributed by atoms with E-state index < -0.39 is 0 Å². The summed E-state index contributed by atoms with van der Waals surface area (Å²) < 4.78 is 1.59. The van der Waals surface area contributed by atoms with Crippen molar-refractivity contribution < 1.29 is 0 Å². The number of fused-ring (bicyclic) bond motifs is 1. The predicted octanol–water partition coefficient (Wildman–Crippen LogP) is -0.317. The second kappa shape index (κ2) is 3.02. The van der Waals surface area contributed by atoms with Crippen LogP contribution in [0.5, 0.6) is 0 Å².